The predicted octanol–water partition coefficient (Wildman–Crippen LogP) is 4.03. The van der Waals surface area contributed by atoms with E-state index in [1.807, 2.05) is 12.1 Å². The summed E-state index contributed by atoms with van der Waals surface area (Å²) in [5.41, 5.74) is 1.62. The number of Topliss-reactive ketones (excluding diaryl/α,β-unsaturated/α-hetero) is 2. The Labute approximate surface area is 132 Å². The summed E-state index contributed by atoms with van der Waals surface area (Å²) in [5, 5.41) is 0. The number of nitrogens with zero attached hydrogens (tertiary/aromatic N) is 1. The first-order chi connectivity index (χ1) is 9.59. The topological polar surface area (TPSA) is 47.0 Å². The first-order valence-electron chi connectivity index (χ1n) is 5.79. The number of pyridine rings is 1. The van der Waals surface area contributed by atoms with Gasteiger partial charge in [0.25, 0.3) is 0 Å². The number of carbonyl (C=O) groups is 2. The summed E-state index contributed by atoms with van der Waals surface area (Å²) >= 11 is 6.59. The molecule has 0 radical (unpaired) electrons. The summed E-state index contributed by atoms with van der Waals surface area (Å²) < 4.78 is 1.17. The summed E-state index contributed by atoms with van der Waals surface area (Å²) in [4.78, 5) is 28.9. The summed E-state index contributed by atoms with van der Waals surface area (Å²) in [6.07, 6.45) is 1.51. The van der Waals surface area contributed by atoms with E-state index in [-0.39, 0.29) is 21.7 Å². The molecule has 5 heteroatoms. The van der Waals surface area contributed by atoms with Gasteiger partial charge >= 0.3 is 0 Å². The lowest BCUT2D eigenvalue weighted by Gasteiger charge is -2.17. The minimum Gasteiger partial charge on any atom is -0.288 e. The lowest BCUT2D eigenvalue weighted by molar-refractivity contribution is 0.0995. The number of hydrogen-bond donors (Lipinski definition) is 0. The Morgan fingerprint density at radius 1 is 0.900 bits per heavy atom. The van der Waals surface area contributed by atoms with Gasteiger partial charge in [0.1, 0.15) is 5.69 Å². The van der Waals surface area contributed by atoms with Crippen LogP contribution in [0, 0.1) is 0 Å². The summed E-state index contributed by atoms with van der Waals surface area (Å²) in [6.45, 7) is 0. The highest BCUT2D eigenvalue weighted by atomic mass is 79.9. The van der Waals surface area contributed by atoms with Crippen molar-refractivity contribution < 1.29 is 9.59 Å². The van der Waals surface area contributed by atoms with Gasteiger partial charge in [0.05, 0.1) is 10.0 Å². The fraction of sp³-hybridized carbons (Fsp3) is 0. The Bertz CT molecular complexity index is 764. The van der Waals surface area contributed by atoms with Gasteiger partial charge in [-0.1, -0.05) is 28.1 Å². The van der Waals surface area contributed by atoms with Crippen molar-refractivity contribution in [3.05, 3.63) is 68.4 Å². The third kappa shape index (κ3) is 2.07. The van der Waals surface area contributed by atoms with E-state index in [9.17, 15) is 9.59 Å². The zero-order valence-electron chi connectivity index (χ0n) is 10.1. The van der Waals surface area contributed by atoms with Crippen LogP contribution in [0.5, 0.6) is 0 Å². The van der Waals surface area contributed by atoms with Crippen LogP contribution in [0.2, 0.25) is 0 Å². The maximum atomic E-state index is 12.6. The molecule has 1 aromatic heterocycles. The van der Waals surface area contributed by atoms with E-state index in [1.165, 1.54) is 6.20 Å². The minimum atomic E-state index is -0.266. The Hall–Kier alpha value is -1.59. The molecule has 1 aliphatic rings. The lowest BCUT2D eigenvalue weighted by atomic mass is 9.89. The third-order valence-corrected chi connectivity index (χ3v) is 4.33. The van der Waals surface area contributed by atoms with Crippen LogP contribution in [0.25, 0.3) is 5.57 Å². The van der Waals surface area contributed by atoms with Crippen LogP contribution >= 0.6 is 31.9 Å². The van der Waals surface area contributed by atoms with Gasteiger partial charge in [-0.3, -0.25) is 14.6 Å². The molecule has 3 nitrogen and oxygen atoms in total. The van der Waals surface area contributed by atoms with Crippen LogP contribution in [0.1, 0.15) is 26.4 Å². The molecule has 1 aromatic carbocycles. The SMILES string of the molecule is O=C1C(c2ccc(Br)cc2)=C(Br)C(=O)c2ncccc21. The van der Waals surface area contributed by atoms with Crippen LogP contribution in [0.3, 0.4) is 0 Å². The van der Waals surface area contributed by atoms with Crippen LogP contribution in [-0.2, 0) is 0 Å². The molecule has 0 amide bonds. The molecule has 0 saturated carbocycles. The summed E-state index contributed by atoms with van der Waals surface area (Å²) in [6, 6.07) is 10.5. The highest BCUT2D eigenvalue weighted by molar-refractivity contribution is 9.12. The van der Waals surface area contributed by atoms with Crippen molar-refractivity contribution in [1.82, 2.24) is 4.98 Å². The smallest absolute Gasteiger partial charge is 0.219 e. The molecule has 1 heterocycles. The predicted molar refractivity (Wildman–Crippen MR) is 82.9 cm³/mol. The molecule has 1 aliphatic carbocycles. The average molecular weight is 393 g/mol. The molecule has 0 aliphatic heterocycles. The monoisotopic (exact) mass is 391 g/mol. The Morgan fingerprint density at radius 3 is 2.30 bits per heavy atom. The van der Waals surface area contributed by atoms with E-state index in [0.717, 1.165) is 4.47 Å². The number of aromatic nitrogens is 1. The van der Waals surface area contributed by atoms with E-state index in [4.69, 9.17) is 0 Å². The van der Waals surface area contributed by atoms with E-state index in [0.29, 0.717) is 16.7 Å². The number of rotatable bonds is 1. The molecular weight excluding hydrogens is 386 g/mol. The molecule has 3 rings (SSSR count). The molecule has 0 saturated heterocycles. The van der Waals surface area contributed by atoms with Gasteiger partial charge in [-0.2, -0.15) is 0 Å². The van der Waals surface area contributed by atoms with Crippen LogP contribution in [0.15, 0.2) is 51.6 Å². The first kappa shape index (κ1) is 13.4. The zero-order valence-corrected chi connectivity index (χ0v) is 13.2. The Kier molecular flexibility index (Phi) is 3.40. The molecular formula is C15H7Br2NO2. The van der Waals surface area contributed by atoms with Crippen molar-refractivity contribution in [3.8, 4) is 0 Å². The van der Waals surface area contributed by atoms with Gasteiger partial charge in [-0.15, -0.1) is 0 Å². The molecule has 0 unspecified atom stereocenters. The second kappa shape index (κ2) is 5.07. The number of fused-ring (bicyclic) bond motifs is 1. The summed E-state index contributed by atoms with van der Waals surface area (Å²) in [7, 11) is 0. The van der Waals surface area contributed by atoms with Gasteiger partial charge in [-0.25, -0.2) is 0 Å². The van der Waals surface area contributed by atoms with E-state index < -0.39 is 0 Å². The van der Waals surface area contributed by atoms with Crippen molar-refractivity contribution in [2.75, 3.05) is 0 Å². The second-order valence-corrected chi connectivity index (χ2v) is 5.96. The minimum absolute atomic E-state index is 0.193. The van der Waals surface area contributed by atoms with Crippen LogP contribution in [0.4, 0.5) is 0 Å². The van der Waals surface area contributed by atoms with Gasteiger partial charge < -0.3 is 0 Å². The number of benzene rings is 1. The van der Waals surface area contributed by atoms with Crippen molar-refractivity contribution in [2.45, 2.75) is 0 Å². The quantitative estimate of drug-likeness (QED) is 0.736. The molecule has 2 aromatic rings. The molecule has 0 N–H and O–H groups in total. The van der Waals surface area contributed by atoms with Crippen LogP contribution in [-0.4, -0.2) is 16.6 Å². The largest absolute Gasteiger partial charge is 0.288 e. The number of ketones is 2. The lowest BCUT2D eigenvalue weighted by Crippen LogP contribution is -2.20. The number of halogens is 2. The second-order valence-electron chi connectivity index (χ2n) is 4.25. The Morgan fingerprint density at radius 2 is 1.60 bits per heavy atom. The van der Waals surface area contributed by atoms with Gasteiger partial charge in [0, 0.05) is 16.2 Å². The summed E-state index contributed by atoms with van der Waals surface area (Å²) in [5.74, 6) is -0.458. The third-order valence-electron chi connectivity index (χ3n) is 3.05. The number of carbonyl (C=O) groups excluding carboxylic acids is 2. The Balaban J connectivity index is 2.21. The van der Waals surface area contributed by atoms with Crippen LogP contribution < -0.4 is 0 Å². The van der Waals surface area contributed by atoms with E-state index >= 15 is 0 Å². The van der Waals surface area contributed by atoms with Crippen molar-refractivity contribution in [2.24, 2.45) is 0 Å². The van der Waals surface area contributed by atoms with Gasteiger partial charge in [-0.05, 0) is 45.8 Å². The average Bonchev–Trinajstić information content (AvgIpc) is 2.47. The maximum absolute atomic E-state index is 12.6. The normalized spacial score (nSPS) is 14.5. The highest BCUT2D eigenvalue weighted by Gasteiger charge is 2.32. The number of allylic oxidation sites excluding steroid dienone is 2. The van der Waals surface area contributed by atoms with Crippen molar-refractivity contribution >= 4 is 49.0 Å². The molecule has 0 spiro atoms. The standard InChI is InChI=1S/C15H7Br2NO2/c16-9-5-3-8(4-6-9)11-12(17)15(20)13-10(14(11)19)2-1-7-18-13/h1-7H. The number of hydrogen-bond acceptors (Lipinski definition) is 3. The highest BCUT2D eigenvalue weighted by Crippen LogP contribution is 2.34. The van der Waals surface area contributed by atoms with Crippen molar-refractivity contribution in [1.29, 1.82) is 0 Å². The maximum Gasteiger partial charge on any atom is 0.219 e. The van der Waals surface area contributed by atoms with Gasteiger partial charge in [0.2, 0.25) is 5.78 Å². The van der Waals surface area contributed by atoms with E-state index in [2.05, 4.69) is 36.8 Å². The molecule has 0 atom stereocenters. The molecule has 0 fully saturated rings. The zero-order chi connectivity index (χ0) is 14.3. The fourth-order valence-corrected chi connectivity index (χ4v) is 2.96. The first-order valence-corrected chi connectivity index (χ1v) is 7.38. The van der Waals surface area contributed by atoms with Gasteiger partial charge in [0.15, 0.2) is 5.78 Å². The molecule has 0 bridgehead atoms. The van der Waals surface area contributed by atoms with Crippen molar-refractivity contribution in [3.63, 3.8) is 0 Å². The molecule has 98 valence electrons. The molecule has 20 heavy (non-hydrogen) atoms. The van der Waals surface area contributed by atoms with E-state index in [1.54, 1.807) is 24.3 Å². The fourth-order valence-electron chi connectivity index (χ4n) is 2.10.